The molecule has 32 heavy (non-hydrogen) atoms. The van der Waals surface area contributed by atoms with Gasteiger partial charge in [0.15, 0.2) is 5.82 Å². The van der Waals surface area contributed by atoms with E-state index in [2.05, 4.69) is 10.1 Å². The molecule has 5 rings (SSSR count). The zero-order chi connectivity index (χ0) is 22.5. The Balaban J connectivity index is 1.56. The summed E-state index contributed by atoms with van der Waals surface area (Å²) in [6, 6.07) is 18.6. The molecular weight excluding hydrogens is 417 g/mol. The topological polar surface area (TPSA) is 51.0 Å². The first-order chi connectivity index (χ1) is 15.3. The van der Waals surface area contributed by atoms with Gasteiger partial charge >= 0.3 is 6.18 Å². The van der Waals surface area contributed by atoms with Crippen molar-refractivity contribution in [2.75, 3.05) is 4.90 Å². The van der Waals surface area contributed by atoms with Crippen LogP contribution >= 0.6 is 0 Å². The van der Waals surface area contributed by atoms with Crippen LogP contribution in [0.3, 0.4) is 0 Å². The van der Waals surface area contributed by atoms with E-state index in [0.29, 0.717) is 11.5 Å². The molecule has 2 heterocycles. The third-order valence-electron chi connectivity index (χ3n) is 5.62. The number of rotatable bonds is 3. The van der Waals surface area contributed by atoms with Gasteiger partial charge in [-0.25, -0.2) is 9.67 Å². The molecule has 8 heteroatoms. The SMILES string of the molecule is Cn1ncnc1-c1ccccc1-c1cccc(N2Cc3c(cccc3C(F)(F)F)C2=O)c1. The molecule has 0 aliphatic carbocycles. The maximum Gasteiger partial charge on any atom is 0.416 e. The normalized spacial score (nSPS) is 13.5. The third kappa shape index (κ3) is 3.24. The average molecular weight is 434 g/mol. The fraction of sp³-hybridized carbons (Fsp3) is 0.125. The molecule has 0 N–H and O–H groups in total. The fourth-order valence-corrected chi connectivity index (χ4v) is 4.12. The van der Waals surface area contributed by atoms with Crippen molar-refractivity contribution < 1.29 is 18.0 Å². The number of aromatic nitrogens is 3. The smallest absolute Gasteiger partial charge is 0.304 e. The van der Waals surface area contributed by atoms with Gasteiger partial charge < -0.3 is 4.90 Å². The monoisotopic (exact) mass is 434 g/mol. The first-order valence-corrected chi connectivity index (χ1v) is 9.89. The molecular formula is C24H17F3N4O. The number of hydrogen-bond acceptors (Lipinski definition) is 3. The van der Waals surface area contributed by atoms with E-state index < -0.39 is 17.6 Å². The molecule has 3 aromatic carbocycles. The van der Waals surface area contributed by atoms with Gasteiger partial charge in [0.2, 0.25) is 0 Å². The molecule has 160 valence electrons. The number of aryl methyl sites for hydroxylation is 1. The highest BCUT2D eigenvalue weighted by molar-refractivity contribution is 6.10. The molecule has 0 saturated heterocycles. The van der Waals surface area contributed by atoms with Crippen LogP contribution in [0.5, 0.6) is 0 Å². The zero-order valence-corrected chi connectivity index (χ0v) is 17.0. The second-order valence-electron chi connectivity index (χ2n) is 7.52. The van der Waals surface area contributed by atoms with E-state index in [1.165, 1.54) is 23.4 Å². The summed E-state index contributed by atoms with van der Waals surface area (Å²) in [5.74, 6) is 0.246. The van der Waals surface area contributed by atoms with Crippen molar-refractivity contribution in [1.82, 2.24) is 14.8 Å². The third-order valence-corrected chi connectivity index (χ3v) is 5.62. The van der Waals surface area contributed by atoms with Crippen molar-refractivity contribution in [3.05, 3.63) is 89.7 Å². The van der Waals surface area contributed by atoms with Gasteiger partial charge in [-0.3, -0.25) is 4.79 Å². The van der Waals surface area contributed by atoms with Gasteiger partial charge in [-0.05, 0) is 41.0 Å². The Morgan fingerprint density at radius 2 is 1.62 bits per heavy atom. The van der Waals surface area contributed by atoms with E-state index in [4.69, 9.17) is 0 Å². The van der Waals surface area contributed by atoms with E-state index in [1.807, 2.05) is 36.4 Å². The lowest BCUT2D eigenvalue weighted by Crippen LogP contribution is -2.23. The molecule has 0 unspecified atom stereocenters. The largest absolute Gasteiger partial charge is 0.416 e. The number of amides is 1. The van der Waals surface area contributed by atoms with Crippen LogP contribution in [-0.2, 0) is 19.8 Å². The van der Waals surface area contributed by atoms with Crippen LogP contribution in [0.1, 0.15) is 21.5 Å². The Kier molecular flexibility index (Phi) is 4.58. The number of benzene rings is 3. The molecule has 0 atom stereocenters. The van der Waals surface area contributed by atoms with Gasteiger partial charge in [0.05, 0.1) is 12.1 Å². The summed E-state index contributed by atoms with van der Waals surface area (Å²) < 4.78 is 42.0. The summed E-state index contributed by atoms with van der Waals surface area (Å²) in [6.07, 6.45) is -3.04. The Bertz CT molecular complexity index is 1340. The predicted molar refractivity (Wildman–Crippen MR) is 114 cm³/mol. The van der Waals surface area contributed by atoms with Crippen molar-refractivity contribution in [2.45, 2.75) is 12.7 Å². The number of carbonyl (C=O) groups excluding carboxylic acids is 1. The molecule has 0 fully saturated rings. The molecule has 0 bridgehead atoms. The van der Waals surface area contributed by atoms with Crippen LogP contribution in [0.25, 0.3) is 22.5 Å². The molecule has 0 radical (unpaired) electrons. The predicted octanol–water partition coefficient (Wildman–Crippen LogP) is 5.33. The lowest BCUT2D eigenvalue weighted by molar-refractivity contribution is -0.138. The van der Waals surface area contributed by atoms with Gasteiger partial charge in [-0.15, -0.1) is 0 Å². The number of carbonyl (C=O) groups is 1. The van der Waals surface area contributed by atoms with Crippen LogP contribution in [0, 0.1) is 0 Å². The van der Waals surface area contributed by atoms with Crippen molar-refractivity contribution >= 4 is 11.6 Å². The minimum Gasteiger partial charge on any atom is -0.304 e. The van der Waals surface area contributed by atoms with E-state index in [1.54, 1.807) is 23.9 Å². The van der Waals surface area contributed by atoms with Gasteiger partial charge in [-0.2, -0.15) is 18.3 Å². The van der Waals surface area contributed by atoms with Gasteiger partial charge in [-0.1, -0.05) is 42.5 Å². The summed E-state index contributed by atoms with van der Waals surface area (Å²) >= 11 is 0. The molecule has 0 saturated carbocycles. The summed E-state index contributed by atoms with van der Waals surface area (Å²) in [5, 5.41) is 4.13. The lowest BCUT2D eigenvalue weighted by Gasteiger charge is -2.18. The van der Waals surface area contributed by atoms with Crippen molar-refractivity contribution in [3.63, 3.8) is 0 Å². The number of nitrogens with zero attached hydrogens (tertiary/aromatic N) is 4. The minimum absolute atomic E-state index is 0.00916. The Morgan fingerprint density at radius 3 is 2.34 bits per heavy atom. The second kappa shape index (κ2) is 7.33. The highest BCUT2D eigenvalue weighted by Crippen LogP contribution is 2.39. The van der Waals surface area contributed by atoms with Crippen molar-refractivity contribution in [2.24, 2.45) is 7.05 Å². The molecule has 1 aromatic heterocycles. The molecule has 5 nitrogen and oxygen atoms in total. The van der Waals surface area contributed by atoms with Crippen LogP contribution in [-0.4, -0.2) is 20.7 Å². The van der Waals surface area contributed by atoms with E-state index in [-0.39, 0.29) is 17.7 Å². The van der Waals surface area contributed by atoms with Gasteiger partial charge in [0.25, 0.3) is 5.91 Å². The Hall–Kier alpha value is -3.94. The second-order valence-corrected chi connectivity index (χ2v) is 7.52. The summed E-state index contributed by atoms with van der Waals surface area (Å²) in [6.45, 7) is -0.127. The standard InChI is InChI=1S/C24H17F3N4O/c1-30-22(28-14-29-30)18-9-3-2-8-17(18)15-6-4-7-16(12-15)31-13-20-19(23(31)32)10-5-11-21(20)24(25,26)27/h2-12,14H,13H2,1H3. The first kappa shape index (κ1) is 20.0. The van der Waals surface area contributed by atoms with Gasteiger partial charge in [0, 0.05) is 23.9 Å². The number of fused-ring (bicyclic) bond motifs is 1. The van der Waals surface area contributed by atoms with Crippen molar-refractivity contribution in [3.8, 4) is 22.5 Å². The fourth-order valence-electron chi connectivity index (χ4n) is 4.12. The number of halogens is 3. The van der Waals surface area contributed by atoms with E-state index in [0.717, 1.165) is 22.8 Å². The van der Waals surface area contributed by atoms with Crippen LogP contribution in [0.15, 0.2) is 73.1 Å². The first-order valence-electron chi connectivity index (χ1n) is 9.89. The molecule has 1 amide bonds. The van der Waals surface area contributed by atoms with E-state index >= 15 is 0 Å². The highest BCUT2D eigenvalue weighted by Gasteiger charge is 2.39. The van der Waals surface area contributed by atoms with Crippen LogP contribution < -0.4 is 4.90 Å². The maximum absolute atomic E-state index is 13.5. The zero-order valence-electron chi connectivity index (χ0n) is 17.0. The summed E-state index contributed by atoms with van der Waals surface area (Å²) in [5.41, 5.74) is 2.42. The Morgan fingerprint density at radius 1 is 0.906 bits per heavy atom. The average Bonchev–Trinajstić information content (AvgIpc) is 3.36. The number of hydrogen-bond donors (Lipinski definition) is 0. The quantitative estimate of drug-likeness (QED) is 0.438. The highest BCUT2D eigenvalue weighted by atomic mass is 19.4. The molecule has 1 aliphatic heterocycles. The van der Waals surface area contributed by atoms with E-state index in [9.17, 15) is 18.0 Å². The Labute approximate surface area is 181 Å². The molecule has 0 spiro atoms. The summed E-state index contributed by atoms with van der Waals surface area (Å²) in [4.78, 5) is 18.7. The minimum atomic E-state index is -4.52. The van der Waals surface area contributed by atoms with Crippen LogP contribution in [0.2, 0.25) is 0 Å². The van der Waals surface area contributed by atoms with Crippen molar-refractivity contribution in [1.29, 1.82) is 0 Å². The van der Waals surface area contributed by atoms with Gasteiger partial charge in [0.1, 0.15) is 6.33 Å². The molecule has 1 aliphatic rings. The summed E-state index contributed by atoms with van der Waals surface area (Å²) in [7, 11) is 1.80. The maximum atomic E-state index is 13.5. The van der Waals surface area contributed by atoms with Crippen LogP contribution in [0.4, 0.5) is 18.9 Å². The molecule has 4 aromatic rings. The lowest BCUT2D eigenvalue weighted by atomic mass is 9.98. The number of anilines is 1. The number of alkyl halides is 3.